The number of rotatable bonds is 5. The molecule has 1 unspecified atom stereocenters. The maximum Gasteiger partial charge on any atom is 0.258 e. The van der Waals surface area contributed by atoms with E-state index in [4.69, 9.17) is 4.74 Å². The van der Waals surface area contributed by atoms with Crippen LogP contribution in [-0.4, -0.2) is 24.5 Å². The lowest BCUT2D eigenvalue weighted by Gasteiger charge is -2.14. The fourth-order valence-corrected chi connectivity index (χ4v) is 1.01. The number of nitrogens with one attached hydrogen (secondary N) is 1. The minimum absolute atomic E-state index is 0.221. The highest BCUT2D eigenvalue weighted by atomic mass is 16.5. The average molecular weight is 222 g/mol. The molecule has 5 nitrogen and oxygen atoms in total. The van der Waals surface area contributed by atoms with Gasteiger partial charge in [0.05, 0.1) is 12.0 Å². The zero-order chi connectivity index (χ0) is 12.0. The van der Waals surface area contributed by atoms with Crippen molar-refractivity contribution >= 4 is 11.9 Å². The van der Waals surface area contributed by atoms with E-state index in [-0.39, 0.29) is 6.61 Å². The van der Waals surface area contributed by atoms with Gasteiger partial charge in [0.2, 0.25) is 0 Å². The summed E-state index contributed by atoms with van der Waals surface area (Å²) >= 11 is 0. The number of hydrogen-bond acceptors (Lipinski definition) is 4. The quantitative estimate of drug-likeness (QED) is 0.716. The summed E-state index contributed by atoms with van der Waals surface area (Å²) in [6.45, 7) is 1.11. The van der Waals surface area contributed by atoms with Crippen molar-refractivity contribution in [2.45, 2.75) is 13.0 Å². The molecular formula is C11H12NO4-. The van der Waals surface area contributed by atoms with Gasteiger partial charge < -0.3 is 20.0 Å². The number of para-hydroxylation sites is 1. The predicted octanol–water partition coefficient (Wildman–Crippen LogP) is -0.680. The second kappa shape index (κ2) is 5.75. The molecule has 0 aliphatic heterocycles. The Morgan fingerprint density at radius 1 is 1.38 bits per heavy atom. The number of carbonyl (C=O) groups excluding carboxylic acids is 2. The number of benzene rings is 1. The van der Waals surface area contributed by atoms with Gasteiger partial charge in [0.25, 0.3) is 5.91 Å². The highest BCUT2D eigenvalue weighted by molar-refractivity contribution is 5.83. The molecule has 0 spiro atoms. The van der Waals surface area contributed by atoms with Gasteiger partial charge in [-0.15, -0.1) is 0 Å². The first kappa shape index (κ1) is 12.0. The van der Waals surface area contributed by atoms with Crippen molar-refractivity contribution in [3.05, 3.63) is 30.3 Å². The van der Waals surface area contributed by atoms with Crippen molar-refractivity contribution < 1.29 is 19.4 Å². The van der Waals surface area contributed by atoms with Gasteiger partial charge in [0.1, 0.15) is 5.75 Å². The second-order valence-corrected chi connectivity index (χ2v) is 3.21. The molecule has 1 atom stereocenters. The fraction of sp³-hybridized carbons (Fsp3) is 0.273. The summed E-state index contributed by atoms with van der Waals surface area (Å²) in [6.07, 6.45) is 0. The van der Waals surface area contributed by atoms with Crippen LogP contribution in [0, 0.1) is 0 Å². The number of carboxylic acids is 1. The van der Waals surface area contributed by atoms with Crippen LogP contribution in [0.2, 0.25) is 0 Å². The maximum atomic E-state index is 11.2. The second-order valence-electron chi connectivity index (χ2n) is 3.21. The van der Waals surface area contributed by atoms with Crippen molar-refractivity contribution in [3.8, 4) is 5.75 Å². The van der Waals surface area contributed by atoms with Crippen LogP contribution in [0.15, 0.2) is 30.3 Å². The van der Waals surface area contributed by atoms with Crippen LogP contribution < -0.4 is 15.2 Å². The van der Waals surface area contributed by atoms with Crippen LogP contribution in [0.25, 0.3) is 0 Å². The molecule has 0 saturated carbocycles. The normalized spacial score (nSPS) is 11.6. The Morgan fingerprint density at radius 2 is 2.00 bits per heavy atom. The molecule has 0 aliphatic rings. The van der Waals surface area contributed by atoms with E-state index in [1.54, 1.807) is 24.3 Å². The minimum Gasteiger partial charge on any atom is -0.548 e. The Hall–Kier alpha value is -2.04. The molecule has 16 heavy (non-hydrogen) atoms. The summed E-state index contributed by atoms with van der Waals surface area (Å²) in [6, 6.07) is 7.76. The molecule has 0 aromatic heterocycles. The standard InChI is InChI=1S/C11H13NO4/c1-8(11(14)15)12-10(13)7-16-9-5-3-2-4-6-9/h2-6,8H,7H2,1H3,(H,12,13)(H,14,15)/p-1. The summed E-state index contributed by atoms with van der Waals surface area (Å²) in [4.78, 5) is 21.5. The van der Waals surface area contributed by atoms with Gasteiger partial charge in [-0.05, 0) is 19.1 Å². The molecule has 0 aliphatic carbocycles. The van der Waals surface area contributed by atoms with Gasteiger partial charge in [-0.25, -0.2) is 0 Å². The molecule has 0 bridgehead atoms. The topological polar surface area (TPSA) is 78.5 Å². The van der Waals surface area contributed by atoms with Gasteiger partial charge >= 0.3 is 0 Å². The number of amides is 1. The van der Waals surface area contributed by atoms with Crippen molar-refractivity contribution in [2.75, 3.05) is 6.61 Å². The van der Waals surface area contributed by atoms with Crippen LogP contribution in [0.3, 0.4) is 0 Å². The number of hydrogen-bond donors (Lipinski definition) is 1. The molecule has 0 radical (unpaired) electrons. The van der Waals surface area contributed by atoms with Crippen LogP contribution >= 0.6 is 0 Å². The summed E-state index contributed by atoms with van der Waals surface area (Å²) in [7, 11) is 0. The Balaban J connectivity index is 2.33. The van der Waals surface area contributed by atoms with Crippen LogP contribution in [-0.2, 0) is 9.59 Å². The molecule has 1 aromatic rings. The maximum absolute atomic E-state index is 11.2. The first-order valence-electron chi connectivity index (χ1n) is 4.77. The van der Waals surface area contributed by atoms with Gasteiger partial charge in [0, 0.05) is 0 Å². The Morgan fingerprint density at radius 3 is 2.56 bits per heavy atom. The highest BCUT2D eigenvalue weighted by Crippen LogP contribution is 2.07. The van der Waals surface area contributed by atoms with Gasteiger partial charge in [0.15, 0.2) is 6.61 Å². The molecule has 0 saturated heterocycles. The zero-order valence-corrected chi connectivity index (χ0v) is 8.80. The zero-order valence-electron chi connectivity index (χ0n) is 8.80. The molecule has 1 N–H and O–H groups in total. The largest absolute Gasteiger partial charge is 0.548 e. The highest BCUT2D eigenvalue weighted by Gasteiger charge is 2.08. The third kappa shape index (κ3) is 4.00. The lowest BCUT2D eigenvalue weighted by atomic mass is 10.3. The summed E-state index contributed by atoms with van der Waals surface area (Å²) in [5, 5.41) is 12.6. The summed E-state index contributed by atoms with van der Waals surface area (Å²) in [5.41, 5.74) is 0. The predicted molar refractivity (Wildman–Crippen MR) is 54.5 cm³/mol. The SMILES string of the molecule is CC(NC(=O)COc1ccccc1)C(=O)[O-]. The van der Waals surface area contributed by atoms with Crippen molar-refractivity contribution in [2.24, 2.45) is 0 Å². The number of carboxylic acid groups (broad SMARTS) is 1. The lowest BCUT2D eigenvalue weighted by molar-refractivity contribution is -0.307. The molecule has 1 amide bonds. The van der Waals surface area contributed by atoms with E-state index in [9.17, 15) is 14.7 Å². The Labute approximate surface area is 93.0 Å². The third-order valence-electron chi connectivity index (χ3n) is 1.84. The van der Waals surface area contributed by atoms with E-state index in [2.05, 4.69) is 5.32 Å². The average Bonchev–Trinajstić information content (AvgIpc) is 2.27. The molecule has 86 valence electrons. The Bertz CT molecular complexity index is 364. The van der Waals surface area contributed by atoms with Crippen molar-refractivity contribution in [3.63, 3.8) is 0 Å². The van der Waals surface area contributed by atoms with E-state index in [0.29, 0.717) is 5.75 Å². The lowest BCUT2D eigenvalue weighted by Crippen LogP contribution is -2.47. The van der Waals surface area contributed by atoms with Gasteiger partial charge in [-0.2, -0.15) is 0 Å². The van der Waals surface area contributed by atoms with E-state index in [0.717, 1.165) is 0 Å². The number of ether oxygens (including phenoxy) is 1. The van der Waals surface area contributed by atoms with Crippen LogP contribution in [0.5, 0.6) is 5.75 Å². The van der Waals surface area contributed by atoms with Crippen LogP contribution in [0.1, 0.15) is 6.92 Å². The summed E-state index contributed by atoms with van der Waals surface area (Å²) in [5.74, 6) is -1.27. The molecule has 0 heterocycles. The van der Waals surface area contributed by atoms with E-state index >= 15 is 0 Å². The minimum atomic E-state index is -1.33. The fourth-order valence-electron chi connectivity index (χ4n) is 1.01. The smallest absolute Gasteiger partial charge is 0.258 e. The Kier molecular flexibility index (Phi) is 4.32. The van der Waals surface area contributed by atoms with Gasteiger partial charge in [-0.3, -0.25) is 4.79 Å². The molecular weight excluding hydrogens is 210 g/mol. The van der Waals surface area contributed by atoms with E-state index < -0.39 is 17.9 Å². The molecule has 5 heteroatoms. The van der Waals surface area contributed by atoms with Crippen LogP contribution in [0.4, 0.5) is 0 Å². The monoisotopic (exact) mass is 222 g/mol. The third-order valence-corrected chi connectivity index (χ3v) is 1.84. The molecule has 1 rings (SSSR count). The molecule has 1 aromatic carbocycles. The van der Waals surface area contributed by atoms with Crippen molar-refractivity contribution in [1.82, 2.24) is 5.32 Å². The first-order valence-corrected chi connectivity index (χ1v) is 4.77. The molecule has 0 fully saturated rings. The number of carbonyl (C=O) groups is 2. The van der Waals surface area contributed by atoms with E-state index in [1.807, 2.05) is 6.07 Å². The van der Waals surface area contributed by atoms with Crippen molar-refractivity contribution in [1.29, 1.82) is 0 Å². The summed E-state index contributed by atoms with van der Waals surface area (Å²) < 4.78 is 5.12. The van der Waals surface area contributed by atoms with E-state index in [1.165, 1.54) is 6.92 Å². The first-order chi connectivity index (χ1) is 7.59. The number of aliphatic carboxylic acids is 1. The van der Waals surface area contributed by atoms with Gasteiger partial charge in [-0.1, -0.05) is 18.2 Å².